The van der Waals surface area contributed by atoms with Crippen LogP contribution in [0.5, 0.6) is 5.75 Å². The molecule has 1 saturated heterocycles. The van der Waals surface area contributed by atoms with Gasteiger partial charge < -0.3 is 122 Å². The summed E-state index contributed by atoms with van der Waals surface area (Å²) in [6, 6.07) is 2.20. The van der Waals surface area contributed by atoms with Gasteiger partial charge in [-0.2, -0.15) is 0 Å². The van der Waals surface area contributed by atoms with E-state index in [2.05, 4.69) is 31.9 Å². The van der Waals surface area contributed by atoms with Gasteiger partial charge in [0.05, 0.1) is 63.5 Å². The molecule has 34 nitrogen and oxygen atoms in total. The number of urea groups is 1. The van der Waals surface area contributed by atoms with Crippen LogP contribution >= 0.6 is 22.6 Å². The summed E-state index contributed by atoms with van der Waals surface area (Å²) >= 11 is 1.85. The van der Waals surface area contributed by atoms with Crippen LogP contribution in [-0.2, 0) is 75.2 Å². The maximum Gasteiger partial charge on any atom is 3.00 e. The first kappa shape index (κ1) is 87.5. The molecule has 99 heavy (non-hydrogen) atoms. The molecule has 6 atom stereocenters. The van der Waals surface area contributed by atoms with Crippen LogP contribution < -0.4 is 78.1 Å². The fourth-order valence-electron chi connectivity index (χ4n) is 10.5. The van der Waals surface area contributed by atoms with E-state index in [1.54, 1.807) is 30.3 Å². The van der Waals surface area contributed by atoms with Crippen molar-refractivity contribution in [3.8, 4) is 5.75 Å². The Labute approximate surface area is 621 Å². The van der Waals surface area contributed by atoms with Crippen molar-refractivity contribution in [2.45, 2.75) is 152 Å². The molecule has 8 N–H and O–H groups in total. The third-order valence-corrected chi connectivity index (χ3v) is 16.6. The maximum atomic E-state index is 14.5. The first-order valence-electron chi connectivity index (χ1n) is 32.1. The number of carboxylic acid groups (broad SMARTS) is 8. The number of aliphatic carboxylic acids is 8. The molecule has 0 saturated carbocycles. The molecular formula is C63H89ILuN11O23. The molecule has 0 aromatic heterocycles. The number of halogens is 1. The zero-order valence-corrected chi connectivity index (χ0v) is 58.2. The van der Waals surface area contributed by atoms with Crippen LogP contribution in [0.3, 0.4) is 0 Å². The van der Waals surface area contributed by atoms with Crippen LogP contribution in [0, 0.1) is 40.4 Å². The fraction of sp³-hybridized carbons (Fsp3) is 0.587. The maximum absolute atomic E-state index is 14.5. The zero-order valence-electron chi connectivity index (χ0n) is 59.4. The number of carbonyl (C=O) groups excluding carboxylic acids is 14. The monoisotopic (exact) mass is 1670 g/mol. The Morgan fingerprint density at radius 1 is 0.424 bits per heavy atom. The molecular weight excluding hydrogens is 1580 g/mol. The van der Waals surface area contributed by atoms with E-state index in [1.165, 1.54) is 37.8 Å². The van der Waals surface area contributed by atoms with Gasteiger partial charge in [-0.15, -0.1) is 0 Å². The number of carboxylic acids is 8. The molecule has 0 radical (unpaired) electrons. The van der Waals surface area contributed by atoms with Crippen molar-refractivity contribution in [2.75, 3.05) is 85.1 Å². The summed E-state index contributed by atoms with van der Waals surface area (Å²) in [6.45, 7) is -2.02. The molecule has 556 valence electrons. The number of hydrogen-bond donors (Lipinski definition) is 8. The normalized spacial score (nSPS) is 15.2. The van der Waals surface area contributed by atoms with Gasteiger partial charge in [-0.25, -0.2) is 4.79 Å². The topological polar surface area (TPSA) is 541 Å². The van der Waals surface area contributed by atoms with E-state index in [-0.39, 0.29) is 178 Å². The van der Waals surface area contributed by atoms with Gasteiger partial charge in [0.25, 0.3) is 0 Å². The molecule has 1 aliphatic rings. The van der Waals surface area contributed by atoms with E-state index in [0.29, 0.717) is 53.2 Å². The number of unbranched alkanes of at least 4 members (excludes halogenated alkanes) is 5. The van der Waals surface area contributed by atoms with Gasteiger partial charge in [-0.1, -0.05) is 49.2 Å². The minimum absolute atomic E-state index is 0. The van der Waals surface area contributed by atoms with Crippen LogP contribution in [0.1, 0.15) is 121 Å². The molecule has 3 rings (SSSR count). The minimum atomic E-state index is -1.78. The Morgan fingerprint density at radius 2 is 0.848 bits per heavy atom. The van der Waals surface area contributed by atoms with Crippen LogP contribution in [0.4, 0.5) is 4.79 Å². The Morgan fingerprint density at radius 3 is 1.28 bits per heavy atom. The van der Waals surface area contributed by atoms with Gasteiger partial charge in [0.15, 0.2) is 0 Å². The number of aromatic hydroxyl groups is 1. The Kier molecular flexibility index (Phi) is 42.6. The van der Waals surface area contributed by atoms with Crippen molar-refractivity contribution in [1.29, 1.82) is 0 Å². The van der Waals surface area contributed by atoms with E-state index in [1.807, 2.05) is 27.9 Å². The minimum Gasteiger partial charge on any atom is -0.550 e. The van der Waals surface area contributed by atoms with Crippen LogP contribution in [-0.4, -0.2) is 229 Å². The molecule has 1 aliphatic heterocycles. The smallest absolute Gasteiger partial charge is 0.550 e. The molecule has 0 bridgehead atoms. The molecule has 0 aliphatic carbocycles. The Hall–Kier alpha value is -7.58. The van der Waals surface area contributed by atoms with Crippen molar-refractivity contribution in [3.05, 3.63) is 63.2 Å². The summed E-state index contributed by atoms with van der Waals surface area (Å²) in [5, 5.41) is 121. The standard InChI is InChI=1S/C63H92IN11O23.Lu/c64-42-34-41(18-21-49(42)76)36-46(67-52(79)22-20-48(62(96)97)75-32-30-73(38-55(84)85)28-26-72(37-54(82)83)27-29-74(31-33-75)39-56(86)87)57(88)69-47(35-40-12-4-3-5-13-40)58(89)68-43(59(90)91)14-8-10-24-65-50(77)16-6-1-2-7-17-51(78)66-25-11-9-15-44(60(92)93)70-63(98)71-45(61(94)95)19-23-53(80)81;/h3-5,12-13,18,21,34,43-48,76H,1-2,6-11,14-17,19-20,22-33,35-39H2,(H,65,77)(H,66,78)(H,67,79)(H,68,89)(H,69,88)(H,80,81)(H,82,83)(H,84,85)(H,86,87)(H,90,91)(H,92,93)(H,94,95)(H,96,97)(H2,70,71,98);/q;+3/p-3/t43-,44+,45+,46-,47-,48-;/m1./s1/i;1+2. The van der Waals surface area contributed by atoms with E-state index < -0.39 is 153 Å². The Balaban J connectivity index is -0.00000833. The number of nitrogens with zero attached hydrogens (tertiary/aromatic N) is 4. The fourth-order valence-corrected chi connectivity index (χ4v) is 11.0. The van der Waals surface area contributed by atoms with Crippen molar-refractivity contribution >= 4 is 106 Å². The molecule has 0 spiro atoms. The average molecular weight is 1670 g/mol. The van der Waals surface area contributed by atoms with Crippen molar-refractivity contribution < 1.29 is 157 Å². The van der Waals surface area contributed by atoms with E-state index in [9.17, 15) is 113 Å². The number of amides is 7. The number of phenols is 1. The second-order valence-electron chi connectivity index (χ2n) is 23.5. The first-order chi connectivity index (χ1) is 46.5. The van der Waals surface area contributed by atoms with E-state index in [0.717, 1.165) is 0 Å². The first-order valence-corrected chi connectivity index (χ1v) is 33.1. The molecule has 2 aromatic rings. The molecule has 1 heterocycles. The van der Waals surface area contributed by atoms with Crippen LogP contribution in [0.25, 0.3) is 0 Å². The van der Waals surface area contributed by atoms with E-state index >= 15 is 0 Å². The number of nitrogens with one attached hydrogen (secondary N) is 7. The second kappa shape index (κ2) is 48.2. The number of hydrogen-bond acceptors (Lipinski definition) is 27. The number of rotatable bonds is 45. The van der Waals surface area contributed by atoms with Gasteiger partial charge in [-0.3, -0.25) is 43.6 Å². The summed E-state index contributed by atoms with van der Waals surface area (Å²) in [6.07, 6.45) is 0.622. The summed E-state index contributed by atoms with van der Waals surface area (Å²) in [4.78, 5) is 179. The molecule has 0 unspecified atom stereocenters. The predicted octanol–water partition coefficient (Wildman–Crippen LogP) is -10.1. The molecule has 36 heteroatoms. The third-order valence-electron chi connectivity index (χ3n) is 15.8. The van der Waals surface area contributed by atoms with Crippen LogP contribution in [0.2, 0.25) is 0 Å². The number of carbonyl (C=O) groups is 14. The van der Waals surface area contributed by atoms with Gasteiger partial charge in [0.2, 0.25) is 29.5 Å². The molecule has 1 fully saturated rings. The van der Waals surface area contributed by atoms with Gasteiger partial charge in [0, 0.05) is 129 Å². The third kappa shape index (κ3) is 38.0. The largest absolute Gasteiger partial charge is 3.00 e. The molecule has 2 aromatic carbocycles. The second-order valence-corrected chi connectivity index (χ2v) is 24.6. The summed E-state index contributed by atoms with van der Waals surface area (Å²) in [5.74, 6) is -16.0. The van der Waals surface area contributed by atoms with Crippen molar-refractivity contribution in [3.63, 3.8) is 0 Å². The van der Waals surface area contributed by atoms with Crippen molar-refractivity contribution in [2.24, 2.45) is 0 Å². The van der Waals surface area contributed by atoms with E-state index in [4.69, 9.17) is 0 Å². The summed E-state index contributed by atoms with van der Waals surface area (Å²) in [7, 11) is 0. The van der Waals surface area contributed by atoms with Gasteiger partial charge in [-0.05, 0) is 116 Å². The summed E-state index contributed by atoms with van der Waals surface area (Å²) < 4.78 is 0.376. The predicted molar refractivity (Wildman–Crippen MR) is 340 cm³/mol. The van der Waals surface area contributed by atoms with Gasteiger partial charge >= 0.3 is 50.0 Å². The number of benzene rings is 2. The number of phenolic OH excluding ortho intramolecular Hbond substituents is 1. The zero-order chi connectivity index (χ0) is 72.7. The van der Waals surface area contributed by atoms with Gasteiger partial charge in [0.1, 0.15) is 17.8 Å². The molecule has 7 amide bonds. The SMILES string of the molecule is O=C([O-])CC[C@H](NC(=O)N[C@@H](CCCCNC(=O)CCCCCCC(=O)NCCCC[C@@H](NC(=O)[C@@H](Cc1ccccc1)NC(=O)[C@@H](Cc1ccc(O)c(I)c1)NC(=O)CC[C@H](C(=O)[O-])N1CCN(CC(=O)[O-])CCN(CC(=O)[O-])CCN(CC(=O)[O-])CC1)C(=O)[O-])C(=O)[O-])C(=O)[O-].[177Lu+3].[H+].[H+].[H+].[H+].[H+]. The quantitative estimate of drug-likeness (QED) is 0.0225. The van der Waals surface area contributed by atoms with Crippen LogP contribution in [0.15, 0.2) is 48.5 Å². The average Bonchev–Trinajstić information content (AvgIpc) is 0.852. The van der Waals surface area contributed by atoms with Crippen molar-refractivity contribution in [1.82, 2.24) is 56.8 Å². The summed E-state index contributed by atoms with van der Waals surface area (Å²) in [5.41, 5.74) is 0.963. The Bertz CT molecular complexity index is 3010.